The molecule has 2 aromatic heterocycles. The molecule has 34 heavy (non-hydrogen) atoms. The number of nitrogens with one attached hydrogen (secondary N) is 2. The van der Waals surface area contributed by atoms with Crippen LogP contribution in [0.5, 0.6) is 0 Å². The number of hydrogen-bond donors (Lipinski definition) is 2. The molecule has 3 fully saturated rings. The van der Waals surface area contributed by atoms with Crippen LogP contribution in [-0.2, 0) is 4.74 Å². The normalized spacial score (nSPS) is 24.3. The first-order valence-corrected chi connectivity index (χ1v) is 13.5. The number of hydrogen-bond acceptors (Lipinski definition) is 6. The van der Waals surface area contributed by atoms with Gasteiger partial charge in [0.15, 0.2) is 0 Å². The van der Waals surface area contributed by atoms with E-state index >= 15 is 0 Å². The first-order valence-electron chi connectivity index (χ1n) is 12.8. The zero-order chi connectivity index (χ0) is 23.3. The third-order valence-corrected chi connectivity index (χ3v) is 8.23. The number of halogens is 2. The molecule has 2 aromatic rings. The molecule has 0 aromatic carbocycles. The Morgan fingerprint density at radius 3 is 2.44 bits per heavy atom. The quantitative estimate of drug-likeness (QED) is 0.444. The van der Waals surface area contributed by atoms with Crippen molar-refractivity contribution in [2.45, 2.75) is 63.5 Å². The molecule has 2 N–H and O–H groups in total. The van der Waals surface area contributed by atoms with Crippen LogP contribution in [0.4, 0.5) is 11.5 Å². The standard InChI is InChI=1S/C26H35Cl2N5O/c27-24-17-30-25(32-19-3-5-21(6-4-19)33-9-1-2-10-33)14-22(24)23-13-20(16-31-26(23)28)29-15-18-7-11-34-12-8-18/h13-14,16-19,21,29H,1-12,15H2,(H,30,32). The largest absolute Gasteiger partial charge is 0.384 e. The van der Waals surface area contributed by atoms with E-state index in [0.29, 0.717) is 22.1 Å². The van der Waals surface area contributed by atoms with E-state index in [1.54, 1.807) is 12.4 Å². The molecule has 6 nitrogen and oxygen atoms in total. The van der Waals surface area contributed by atoms with Gasteiger partial charge in [-0.25, -0.2) is 9.97 Å². The zero-order valence-corrected chi connectivity index (χ0v) is 21.3. The molecule has 3 aliphatic rings. The van der Waals surface area contributed by atoms with Gasteiger partial charge in [0.2, 0.25) is 0 Å². The van der Waals surface area contributed by atoms with Gasteiger partial charge in [-0.1, -0.05) is 23.2 Å². The van der Waals surface area contributed by atoms with Crippen molar-refractivity contribution in [2.75, 3.05) is 43.5 Å². The second-order valence-corrected chi connectivity index (χ2v) is 10.7. The van der Waals surface area contributed by atoms with E-state index in [-0.39, 0.29) is 0 Å². The summed E-state index contributed by atoms with van der Waals surface area (Å²) in [5.41, 5.74) is 2.64. The van der Waals surface area contributed by atoms with Crippen LogP contribution < -0.4 is 10.6 Å². The summed E-state index contributed by atoms with van der Waals surface area (Å²) >= 11 is 13.1. The van der Waals surface area contributed by atoms with Crippen LogP contribution in [0.2, 0.25) is 10.2 Å². The van der Waals surface area contributed by atoms with Gasteiger partial charge in [-0.3, -0.25) is 0 Å². The maximum atomic E-state index is 6.57. The van der Waals surface area contributed by atoms with Gasteiger partial charge >= 0.3 is 0 Å². The summed E-state index contributed by atoms with van der Waals surface area (Å²) < 4.78 is 5.47. The zero-order valence-electron chi connectivity index (χ0n) is 19.7. The molecule has 0 bridgehead atoms. The lowest BCUT2D eigenvalue weighted by molar-refractivity contribution is 0.0699. The minimum absolute atomic E-state index is 0.446. The number of rotatable bonds is 7. The Kier molecular flexibility index (Phi) is 8.10. The van der Waals surface area contributed by atoms with Crippen molar-refractivity contribution in [1.82, 2.24) is 14.9 Å². The highest BCUT2D eigenvalue weighted by Crippen LogP contribution is 2.36. The Hall–Kier alpha value is -1.60. The van der Waals surface area contributed by atoms with Crippen molar-refractivity contribution >= 4 is 34.7 Å². The van der Waals surface area contributed by atoms with Gasteiger partial charge in [0, 0.05) is 49.2 Å². The van der Waals surface area contributed by atoms with Gasteiger partial charge in [-0.05, 0) is 82.5 Å². The monoisotopic (exact) mass is 503 g/mol. The average molecular weight is 505 g/mol. The molecule has 184 valence electrons. The van der Waals surface area contributed by atoms with Crippen LogP contribution >= 0.6 is 23.2 Å². The Balaban J connectivity index is 1.24. The summed E-state index contributed by atoms with van der Waals surface area (Å²) in [4.78, 5) is 11.7. The number of aromatic nitrogens is 2. The van der Waals surface area contributed by atoms with Crippen molar-refractivity contribution < 1.29 is 4.74 Å². The lowest BCUT2D eigenvalue weighted by atomic mass is 9.90. The van der Waals surface area contributed by atoms with Gasteiger partial charge in [-0.15, -0.1) is 0 Å². The van der Waals surface area contributed by atoms with Crippen molar-refractivity contribution in [3.05, 3.63) is 34.7 Å². The van der Waals surface area contributed by atoms with Crippen LogP contribution in [0, 0.1) is 5.92 Å². The van der Waals surface area contributed by atoms with Crippen molar-refractivity contribution in [3.8, 4) is 11.1 Å². The van der Waals surface area contributed by atoms with Crippen LogP contribution in [0.3, 0.4) is 0 Å². The highest BCUT2D eigenvalue weighted by molar-refractivity contribution is 6.36. The maximum Gasteiger partial charge on any atom is 0.137 e. The summed E-state index contributed by atoms with van der Waals surface area (Å²) in [6.07, 6.45) is 13.3. The van der Waals surface area contributed by atoms with Crippen LogP contribution in [0.1, 0.15) is 51.4 Å². The van der Waals surface area contributed by atoms with Gasteiger partial charge in [0.1, 0.15) is 11.0 Å². The summed E-state index contributed by atoms with van der Waals surface area (Å²) in [5, 5.41) is 8.20. The Labute approximate surface area is 212 Å². The Morgan fingerprint density at radius 1 is 0.912 bits per heavy atom. The Bertz CT molecular complexity index is 954. The van der Waals surface area contributed by atoms with Crippen molar-refractivity contribution in [2.24, 2.45) is 5.92 Å². The number of ether oxygens (including phenoxy) is 1. The molecule has 8 heteroatoms. The van der Waals surface area contributed by atoms with E-state index < -0.39 is 0 Å². The van der Waals surface area contributed by atoms with Crippen LogP contribution in [-0.4, -0.2) is 59.8 Å². The molecule has 1 saturated carbocycles. The molecule has 5 rings (SSSR count). The second-order valence-electron chi connectivity index (χ2n) is 9.94. The minimum atomic E-state index is 0.446. The molecule has 2 saturated heterocycles. The van der Waals surface area contributed by atoms with Crippen molar-refractivity contribution in [3.63, 3.8) is 0 Å². The molecule has 0 radical (unpaired) electrons. The molecule has 0 spiro atoms. The molecule has 0 unspecified atom stereocenters. The SMILES string of the molecule is Clc1cnc(NC2CCC(N3CCCC3)CC2)cc1-c1cc(NCC2CCOCC2)cnc1Cl. The van der Waals surface area contributed by atoms with E-state index in [1.807, 2.05) is 12.1 Å². The fourth-order valence-corrected chi connectivity index (χ4v) is 5.98. The van der Waals surface area contributed by atoms with Crippen LogP contribution in [0.25, 0.3) is 11.1 Å². The topological polar surface area (TPSA) is 62.3 Å². The smallest absolute Gasteiger partial charge is 0.137 e. The fourth-order valence-electron chi connectivity index (χ4n) is 5.57. The lowest BCUT2D eigenvalue weighted by Gasteiger charge is -2.35. The van der Waals surface area contributed by atoms with Gasteiger partial charge < -0.3 is 20.3 Å². The predicted octanol–water partition coefficient (Wildman–Crippen LogP) is 6.11. The van der Waals surface area contributed by atoms with Crippen molar-refractivity contribution in [1.29, 1.82) is 0 Å². The summed E-state index contributed by atoms with van der Waals surface area (Å²) in [5.74, 6) is 1.47. The minimum Gasteiger partial charge on any atom is -0.384 e. The molecular weight excluding hydrogens is 469 g/mol. The molecule has 2 aliphatic heterocycles. The van der Waals surface area contributed by atoms with Gasteiger partial charge in [-0.2, -0.15) is 0 Å². The maximum absolute atomic E-state index is 6.57. The highest BCUT2D eigenvalue weighted by atomic mass is 35.5. The number of nitrogens with zero attached hydrogens (tertiary/aromatic N) is 3. The van der Waals surface area contributed by atoms with Crippen LogP contribution in [0.15, 0.2) is 24.5 Å². The van der Waals surface area contributed by atoms with E-state index in [2.05, 4.69) is 25.5 Å². The fraction of sp³-hybridized carbons (Fsp3) is 0.615. The van der Waals surface area contributed by atoms with E-state index in [0.717, 1.165) is 61.3 Å². The molecule has 0 atom stereocenters. The number of anilines is 2. The van der Waals surface area contributed by atoms with E-state index in [1.165, 1.54) is 51.6 Å². The Morgan fingerprint density at radius 2 is 1.68 bits per heavy atom. The highest BCUT2D eigenvalue weighted by Gasteiger charge is 2.27. The third-order valence-electron chi connectivity index (χ3n) is 7.63. The predicted molar refractivity (Wildman–Crippen MR) is 140 cm³/mol. The van der Waals surface area contributed by atoms with Gasteiger partial charge in [0.05, 0.1) is 16.9 Å². The summed E-state index contributed by atoms with van der Waals surface area (Å²) in [6.45, 7) is 5.16. The van der Waals surface area contributed by atoms with E-state index in [4.69, 9.17) is 27.9 Å². The average Bonchev–Trinajstić information content (AvgIpc) is 3.41. The number of likely N-dealkylation sites (tertiary alicyclic amines) is 1. The first-order chi connectivity index (χ1) is 16.7. The summed E-state index contributed by atoms with van der Waals surface area (Å²) in [7, 11) is 0. The second kappa shape index (κ2) is 11.4. The van der Waals surface area contributed by atoms with Gasteiger partial charge in [0.25, 0.3) is 0 Å². The summed E-state index contributed by atoms with van der Waals surface area (Å²) in [6, 6.07) is 5.26. The molecular formula is C26H35Cl2N5O. The number of pyridine rings is 2. The lowest BCUT2D eigenvalue weighted by Crippen LogP contribution is -2.38. The molecule has 0 amide bonds. The third kappa shape index (κ3) is 5.96. The molecule has 1 aliphatic carbocycles. The first kappa shape index (κ1) is 24.1. The van der Waals surface area contributed by atoms with E-state index in [9.17, 15) is 0 Å². The molecule has 4 heterocycles.